The molecule has 3 heterocycles. The van der Waals surface area contributed by atoms with E-state index in [0.29, 0.717) is 38.6 Å². The second-order valence-corrected chi connectivity index (χ2v) is 10.4. The fraction of sp³-hybridized carbons (Fsp3) is 0.778. The van der Waals surface area contributed by atoms with Gasteiger partial charge in [-0.2, -0.15) is 17.0 Å². The number of aromatic nitrogens is 2. The predicted octanol–water partition coefficient (Wildman–Crippen LogP) is 1.59. The van der Waals surface area contributed by atoms with Crippen LogP contribution in [0.25, 0.3) is 0 Å². The highest BCUT2D eigenvalue weighted by molar-refractivity contribution is 7.86. The highest BCUT2D eigenvalue weighted by Crippen LogP contribution is 2.24. The number of hydrogen-bond donors (Lipinski definition) is 0. The minimum atomic E-state index is -3.30. The van der Waals surface area contributed by atoms with Gasteiger partial charge in [0, 0.05) is 44.2 Å². The van der Waals surface area contributed by atoms with E-state index in [1.54, 1.807) is 25.6 Å². The maximum atomic E-state index is 12.6. The molecule has 8 heteroatoms. The monoisotopic (exact) mass is 382 g/mol. The first-order chi connectivity index (χ1) is 12.2. The van der Waals surface area contributed by atoms with Gasteiger partial charge >= 0.3 is 0 Å². The average Bonchev–Trinajstić information content (AvgIpc) is 3.11. The van der Waals surface area contributed by atoms with Crippen molar-refractivity contribution in [2.45, 2.75) is 58.4 Å². The predicted molar refractivity (Wildman–Crippen MR) is 101 cm³/mol. The van der Waals surface area contributed by atoms with Gasteiger partial charge in [0.1, 0.15) is 0 Å². The zero-order valence-corrected chi connectivity index (χ0v) is 16.8. The van der Waals surface area contributed by atoms with Crippen LogP contribution in [0.3, 0.4) is 0 Å². The molecule has 0 aromatic carbocycles. The summed E-state index contributed by atoms with van der Waals surface area (Å²) in [6, 6.07) is 1.62. The topological polar surface area (TPSA) is 75.5 Å². The molecule has 2 saturated heterocycles. The molecule has 0 aliphatic carbocycles. The maximum Gasteiger partial charge on any atom is 0.281 e. The average molecular weight is 383 g/mol. The highest BCUT2D eigenvalue weighted by atomic mass is 32.2. The fourth-order valence-corrected chi connectivity index (χ4v) is 5.37. The number of nitrogens with zero attached hydrogens (tertiary/aromatic N) is 4. The van der Waals surface area contributed by atoms with Crippen molar-refractivity contribution in [3.63, 3.8) is 0 Å². The van der Waals surface area contributed by atoms with Crippen LogP contribution in [0, 0.1) is 5.92 Å². The van der Waals surface area contributed by atoms with Crippen molar-refractivity contribution in [2.24, 2.45) is 5.92 Å². The quantitative estimate of drug-likeness (QED) is 0.793. The molecule has 2 aliphatic rings. The second kappa shape index (κ2) is 7.40. The van der Waals surface area contributed by atoms with Gasteiger partial charge in [-0.3, -0.25) is 9.36 Å². The van der Waals surface area contributed by atoms with Gasteiger partial charge in [-0.05, 0) is 31.6 Å². The molecule has 0 N–H and O–H groups in total. The Kier molecular flexibility index (Phi) is 5.55. The molecular formula is C18H30N4O3S. The molecule has 0 radical (unpaired) electrons. The summed E-state index contributed by atoms with van der Waals surface area (Å²) in [5, 5.41) is 0. The number of rotatable bonds is 4. The first kappa shape index (κ1) is 19.5. The summed E-state index contributed by atoms with van der Waals surface area (Å²) in [5.41, 5.74) is 0.621. The summed E-state index contributed by atoms with van der Waals surface area (Å²) in [4.78, 5) is 16.8. The lowest BCUT2D eigenvalue weighted by molar-refractivity contribution is 0.239. The molecule has 0 bridgehead atoms. The lowest BCUT2D eigenvalue weighted by atomic mass is 9.92. The van der Waals surface area contributed by atoms with E-state index in [9.17, 15) is 13.2 Å². The highest BCUT2D eigenvalue weighted by Gasteiger charge is 2.34. The normalized spacial score (nSPS) is 21.3. The molecule has 3 rings (SSSR count). The Balaban J connectivity index is 1.60. The molecule has 146 valence electrons. The van der Waals surface area contributed by atoms with Gasteiger partial charge in [0.15, 0.2) is 0 Å². The first-order valence-corrected chi connectivity index (χ1v) is 10.9. The van der Waals surface area contributed by atoms with Crippen molar-refractivity contribution in [3.05, 3.63) is 28.4 Å². The van der Waals surface area contributed by atoms with Crippen LogP contribution in [-0.2, 0) is 22.2 Å². The van der Waals surface area contributed by atoms with Gasteiger partial charge in [-0.15, -0.1) is 0 Å². The van der Waals surface area contributed by atoms with Gasteiger partial charge < -0.3 is 0 Å². The summed E-state index contributed by atoms with van der Waals surface area (Å²) < 4.78 is 30.1. The molecule has 7 nitrogen and oxygen atoms in total. The number of hydrogen-bond acceptors (Lipinski definition) is 4. The minimum Gasteiger partial charge on any atom is -0.299 e. The van der Waals surface area contributed by atoms with Crippen LogP contribution in [0.1, 0.15) is 52.1 Å². The smallest absolute Gasteiger partial charge is 0.281 e. The SMILES string of the molecule is CC(C)(C)c1cc(=O)n(CC2CCN(S(=O)(=O)N3CCCC3)CC2)cn1. The van der Waals surface area contributed by atoms with Crippen molar-refractivity contribution in [3.8, 4) is 0 Å². The number of piperidine rings is 1. The third-order valence-electron chi connectivity index (χ3n) is 5.39. The summed E-state index contributed by atoms with van der Waals surface area (Å²) in [5.74, 6) is 0.306. The molecule has 26 heavy (non-hydrogen) atoms. The Morgan fingerprint density at radius 3 is 2.19 bits per heavy atom. The fourth-order valence-electron chi connectivity index (χ4n) is 3.66. The Labute approximate surface area is 156 Å². The van der Waals surface area contributed by atoms with Crippen LogP contribution in [0.5, 0.6) is 0 Å². The first-order valence-electron chi connectivity index (χ1n) is 9.50. The molecule has 0 unspecified atom stereocenters. The Morgan fingerprint density at radius 2 is 1.65 bits per heavy atom. The van der Waals surface area contributed by atoms with Gasteiger partial charge in [0.2, 0.25) is 0 Å². The van der Waals surface area contributed by atoms with E-state index in [4.69, 9.17) is 0 Å². The molecule has 1 aromatic heterocycles. The van der Waals surface area contributed by atoms with Crippen LogP contribution in [-0.4, -0.2) is 52.8 Å². The van der Waals surface area contributed by atoms with Crippen molar-refractivity contribution in [1.29, 1.82) is 0 Å². The van der Waals surface area contributed by atoms with Crippen LogP contribution < -0.4 is 5.56 Å². The lowest BCUT2D eigenvalue weighted by Gasteiger charge is -2.33. The summed E-state index contributed by atoms with van der Waals surface area (Å²) in [7, 11) is -3.30. The molecule has 1 aromatic rings. The molecular weight excluding hydrogens is 352 g/mol. The summed E-state index contributed by atoms with van der Waals surface area (Å²) in [6.45, 7) is 9.07. The molecule has 0 amide bonds. The van der Waals surface area contributed by atoms with E-state index in [1.807, 2.05) is 20.8 Å². The van der Waals surface area contributed by atoms with E-state index < -0.39 is 10.2 Å². The van der Waals surface area contributed by atoms with E-state index in [2.05, 4.69) is 4.98 Å². The Bertz CT molecular complexity index is 783. The molecule has 0 spiro atoms. The molecule has 2 fully saturated rings. The zero-order valence-electron chi connectivity index (χ0n) is 16.0. The second-order valence-electron chi connectivity index (χ2n) is 8.47. The summed E-state index contributed by atoms with van der Waals surface area (Å²) >= 11 is 0. The largest absolute Gasteiger partial charge is 0.299 e. The lowest BCUT2D eigenvalue weighted by Crippen LogP contribution is -2.46. The Hall–Kier alpha value is -1.25. The van der Waals surface area contributed by atoms with Crippen molar-refractivity contribution in [1.82, 2.24) is 18.2 Å². The zero-order chi connectivity index (χ0) is 18.9. The van der Waals surface area contributed by atoms with Crippen LogP contribution in [0.4, 0.5) is 0 Å². The summed E-state index contributed by atoms with van der Waals surface area (Å²) in [6.07, 6.45) is 5.10. The maximum absolute atomic E-state index is 12.6. The van der Waals surface area contributed by atoms with E-state index in [1.165, 1.54) is 0 Å². The molecule has 0 saturated carbocycles. The third-order valence-corrected chi connectivity index (χ3v) is 7.43. The van der Waals surface area contributed by atoms with Gasteiger partial charge in [0.05, 0.1) is 12.0 Å². The minimum absolute atomic E-state index is 0.0305. The van der Waals surface area contributed by atoms with Crippen LogP contribution >= 0.6 is 0 Å². The van der Waals surface area contributed by atoms with Gasteiger partial charge in [0.25, 0.3) is 15.8 Å². The van der Waals surface area contributed by atoms with Crippen LogP contribution in [0.15, 0.2) is 17.2 Å². The van der Waals surface area contributed by atoms with E-state index in [-0.39, 0.29) is 11.0 Å². The Morgan fingerprint density at radius 1 is 1.08 bits per heavy atom. The standard InChI is InChI=1S/C18H30N4O3S/c1-18(2,3)16-12-17(23)20(14-19-16)13-15-6-10-22(11-7-15)26(24,25)21-8-4-5-9-21/h12,14-15H,4-11,13H2,1-3H3. The van der Waals surface area contributed by atoms with E-state index in [0.717, 1.165) is 31.4 Å². The molecule has 0 atom stereocenters. The molecule has 2 aliphatic heterocycles. The van der Waals surface area contributed by atoms with Crippen molar-refractivity contribution in [2.75, 3.05) is 26.2 Å². The van der Waals surface area contributed by atoms with Crippen molar-refractivity contribution < 1.29 is 8.42 Å². The van der Waals surface area contributed by atoms with Gasteiger partial charge in [-0.1, -0.05) is 20.8 Å². The third kappa shape index (κ3) is 4.18. The van der Waals surface area contributed by atoms with E-state index >= 15 is 0 Å². The van der Waals surface area contributed by atoms with Gasteiger partial charge in [-0.25, -0.2) is 4.98 Å². The van der Waals surface area contributed by atoms with Crippen LogP contribution in [0.2, 0.25) is 0 Å². The van der Waals surface area contributed by atoms with Crippen molar-refractivity contribution >= 4 is 10.2 Å².